The van der Waals surface area contributed by atoms with Crippen molar-refractivity contribution in [2.24, 2.45) is 0 Å². The second-order valence-electron chi connectivity index (χ2n) is 4.50. The number of fused-ring (bicyclic) bond motifs is 6. The van der Waals surface area contributed by atoms with Crippen LogP contribution >= 0.6 is 0 Å². The highest BCUT2D eigenvalue weighted by molar-refractivity contribution is 6.69. The van der Waals surface area contributed by atoms with Gasteiger partial charge in [0.2, 0.25) is 0 Å². The molecule has 0 atom stereocenters. The van der Waals surface area contributed by atoms with Crippen LogP contribution in [0.1, 0.15) is 13.8 Å². The highest BCUT2D eigenvalue weighted by Gasteiger charge is 2.41. The lowest BCUT2D eigenvalue weighted by Gasteiger charge is -2.46. The molecule has 0 aromatic heterocycles. The molecule has 5 nitrogen and oxygen atoms in total. The first-order valence-corrected chi connectivity index (χ1v) is 8.48. The van der Waals surface area contributed by atoms with Crippen molar-refractivity contribution in [2.75, 3.05) is 52.4 Å². The van der Waals surface area contributed by atoms with Crippen LogP contribution in [0.15, 0.2) is 0 Å². The standard InChI is InChI=1S/C10H25N5Si/c1-3-15(4-2)16-11-5-8-14(9-6-12-16)10-7-13-16/h11-13H,3-10H2,1-2H3. The number of nitrogens with one attached hydrogen (secondary N) is 3. The van der Waals surface area contributed by atoms with Gasteiger partial charge >= 0.3 is 8.72 Å². The van der Waals surface area contributed by atoms with E-state index < -0.39 is 8.72 Å². The summed E-state index contributed by atoms with van der Waals surface area (Å²) in [6, 6.07) is 0. The molecule has 0 aromatic carbocycles. The number of hydrogen-bond acceptors (Lipinski definition) is 5. The largest absolute Gasteiger partial charge is 0.368 e. The molecule has 0 aromatic rings. The molecule has 6 heteroatoms. The fourth-order valence-electron chi connectivity index (χ4n) is 2.74. The fourth-order valence-corrected chi connectivity index (χ4v) is 6.16. The maximum atomic E-state index is 3.77. The van der Waals surface area contributed by atoms with E-state index in [0.29, 0.717) is 0 Å². The van der Waals surface area contributed by atoms with E-state index in [2.05, 4.69) is 38.3 Å². The van der Waals surface area contributed by atoms with Crippen LogP contribution in [0.4, 0.5) is 0 Å². The van der Waals surface area contributed by atoms with Gasteiger partial charge in [-0.25, -0.2) is 0 Å². The second-order valence-corrected chi connectivity index (χ2v) is 7.62. The molecule has 3 rings (SSSR count). The molecule has 3 heterocycles. The third-order valence-corrected chi connectivity index (χ3v) is 7.53. The van der Waals surface area contributed by atoms with Crippen LogP contribution in [-0.4, -0.2) is 70.5 Å². The molecule has 94 valence electrons. The van der Waals surface area contributed by atoms with E-state index in [4.69, 9.17) is 0 Å². The zero-order valence-electron chi connectivity index (χ0n) is 10.6. The van der Waals surface area contributed by atoms with Gasteiger partial charge in [0, 0.05) is 39.3 Å². The van der Waals surface area contributed by atoms with Gasteiger partial charge in [-0.2, -0.15) is 0 Å². The van der Waals surface area contributed by atoms with Crippen molar-refractivity contribution in [3.05, 3.63) is 0 Å². The van der Waals surface area contributed by atoms with Crippen molar-refractivity contribution in [3.63, 3.8) is 0 Å². The average molecular weight is 243 g/mol. The van der Waals surface area contributed by atoms with Crippen molar-refractivity contribution >= 4 is 8.72 Å². The third kappa shape index (κ3) is 2.47. The lowest BCUT2D eigenvalue weighted by molar-refractivity contribution is 0.252. The molecule has 0 spiro atoms. The van der Waals surface area contributed by atoms with Gasteiger partial charge in [-0.15, -0.1) is 0 Å². The number of rotatable bonds is 3. The van der Waals surface area contributed by atoms with Crippen LogP contribution in [-0.2, 0) is 0 Å². The Morgan fingerprint density at radius 2 is 1.38 bits per heavy atom. The molecule has 0 unspecified atom stereocenters. The summed E-state index contributed by atoms with van der Waals surface area (Å²) < 4.78 is 2.56. The second kappa shape index (κ2) is 5.57. The molecule has 3 N–H and O–H groups in total. The summed E-state index contributed by atoms with van der Waals surface area (Å²) in [6.45, 7) is 13.6. The predicted molar refractivity (Wildman–Crippen MR) is 69.1 cm³/mol. The van der Waals surface area contributed by atoms with Gasteiger partial charge in [-0.3, -0.25) is 24.4 Å². The monoisotopic (exact) mass is 243 g/mol. The molecule has 0 aliphatic carbocycles. The summed E-state index contributed by atoms with van der Waals surface area (Å²) >= 11 is 0. The van der Waals surface area contributed by atoms with Crippen molar-refractivity contribution in [1.82, 2.24) is 24.4 Å². The summed E-state index contributed by atoms with van der Waals surface area (Å²) in [4.78, 5) is 13.8. The van der Waals surface area contributed by atoms with Gasteiger partial charge in [0.25, 0.3) is 0 Å². The Morgan fingerprint density at radius 1 is 0.938 bits per heavy atom. The Labute approximate surface area is 99.9 Å². The van der Waals surface area contributed by atoms with E-state index in [1.54, 1.807) is 0 Å². The minimum atomic E-state index is -1.80. The summed E-state index contributed by atoms with van der Waals surface area (Å²) in [6.07, 6.45) is 0. The summed E-state index contributed by atoms with van der Waals surface area (Å²) in [5.41, 5.74) is 0. The van der Waals surface area contributed by atoms with Crippen molar-refractivity contribution in [3.8, 4) is 0 Å². The zero-order chi connectivity index (χ0) is 11.4. The lowest BCUT2D eigenvalue weighted by atomic mass is 10.4. The molecule has 0 saturated carbocycles. The molecular weight excluding hydrogens is 218 g/mol. The van der Waals surface area contributed by atoms with Gasteiger partial charge in [0.1, 0.15) is 0 Å². The summed E-state index contributed by atoms with van der Waals surface area (Å²) in [5.74, 6) is 0. The average Bonchev–Trinajstić information content (AvgIpc) is 2.19. The van der Waals surface area contributed by atoms with Gasteiger partial charge in [0.15, 0.2) is 0 Å². The van der Waals surface area contributed by atoms with Crippen LogP contribution in [0.5, 0.6) is 0 Å². The maximum Gasteiger partial charge on any atom is 0.368 e. The molecule has 3 aliphatic heterocycles. The minimum Gasteiger partial charge on any atom is -0.300 e. The van der Waals surface area contributed by atoms with Crippen LogP contribution < -0.4 is 14.9 Å². The molecule has 16 heavy (non-hydrogen) atoms. The third-order valence-electron chi connectivity index (χ3n) is 3.66. The lowest BCUT2D eigenvalue weighted by Crippen LogP contribution is -2.84. The van der Waals surface area contributed by atoms with E-state index in [1.807, 2.05) is 0 Å². The molecule has 0 radical (unpaired) electrons. The summed E-state index contributed by atoms with van der Waals surface area (Å²) in [5, 5.41) is 0. The van der Waals surface area contributed by atoms with Crippen LogP contribution in [0.25, 0.3) is 0 Å². The molecule has 3 saturated heterocycles. The van der Waals surface area contributed by atoms with Crippen LogP contribution in [0.3, 0.4) is 0 Å². The normalized spacial score (nSPS) is 35.8. The van der Waals surface area contributed by atoms with Gasteiger partial charge in [-0.1, -0.05) is 13.8 Å². The highest BCUT2D eigenvalue weighted by atomic mass is 28.4. The Kier molecular flexibility index (Phi) is 4.34. The van der Waals surface area contributed by atoms with Gasteiger partial charge in [-0.05, 0) is 13.1 Å². The molecule has 3 fully saturated rings. The first-order valence-electron chi connectivity index (χ1n) is 6.53. The van der Waals surface area contributed by atoms with E-state index in [-0.39, 0.29) is 0 Å². The van der Waals surface area contributed by atoms with Crippen molar-refractivity contribution in [1.29, 1.82) is 0 Å². The topological polar surface area (TPSA) is 42.6 Å². The fraction of sp³-hybridized carbons (Fsp3) is 1.00. The van der Waals surface area contributed by atoms with Crippen molar-refractivity contribution < 1.29 is 0 Å². The van der Waals surface area contributed by atoms with Gasteiger partial charge < -0.3 is 0 Å². The minimum absolute atomic E-state index is 1.10. The number of nitrogens with zero attached hydrogens (tertiary/aromatic N) is 2. The predicted octanol–water partition coefficient (Wildman–Crippen LogP) is -1.14. The Balaban J connectivity index is 2.13. The molecular formula is C10H25N5Si. The zero-order valence-corrected chi connectivity index (χ0v) is 11.6. The Morgan fingerprint density at radius 3 is 1.75 bits per heavy atom. The smallest absolute Gasteiger partial charge is 0.300 e. The van der Waals surface area contributed by atoms with E-state index in [9.17, 15) is 0 Å². The summed E-state index contributed by atoms with van der Waals surface area (Å²) in [7, 11) is -1.80. The first-order chi connectivity index (χ1) is 7.80. The quantitative estimate of drug-likeness (QED) is 0.547. The van der Waals surface area contributed by atoms with Crippen LogP contribution in [0.2, 0.25) is 0 Å². The van der Waals surface area contributed by atoms with E-state index in [0.717, 1.165) is 32.7 Å². The Hall–Kier alpha value is 0.0169. The SMILES string of the molecule is CCN(CC)[Si]12NCCN(CCN1)CCN2. The van der Waals surface area contributed by atoms with E-state index >= 15 is 0 Å². The van der Waals surface area contributed by atoms with E-state index in [1.165, 1.54) is 19.6 Å². The molecule has 3 aliphatic rings. The molecule has 2 bridgehead atoms. The van der Waals surface area contributed by atoms with Crippen molar-refractivity contribution in [2.45, 2.75) is 13.8 Å². The highest BCUT2D eigenvalue weighted by Crippen LogP contribution is 2.05. The molecule has 0 amide bonds. The first kappa shape index (κ1) is 12.5. The maximum absolute atomic E-state index is 3.77. The van der Waals surface area contributed by atoms with Crippen LogP contribution in [0, 0.1) is 0 Å². The Bertz CT molecular complexity index is 195. The number of hydrogen-bond donors (Lipinski definition) is 3. The van der Waals surface area contributed by atoms with Gasteiger partial charge in [0.05, 0.1) is 0 Å².